The van der Waals surface area contributed by atoms with E-state index in [4.69, 9.17) is 22.1 Å². The molecule has 1 aliphatic rings. The van der Waals surface area contributed by atoms with Gasteiger partial charge in [0.1, 0.15) is 5.75 Å². The van der Waals surface area contributed by atoms with Crippen molar-refractivity contribution >= 4 is 23.2 Å². The smallest absolute Gasteiger partial charge is 0.269 e. The molecular weight excluding hydrogens is 304 g/mol. The van der Waals surface area contributed by atoms with E-state index in [1.807, 2.05) is 5.01 Å². The minimum atomic E-state index is -0.234. The highest BCUT2D eigenvalue weighted by molar-refractivity contribution is 6.33. The van der Waals surface area contributed by atoms with Gasteiger partial charge in [-0.3, -0.25) is 10.2 Å². The summed E-state index contributed by atoms with van der Waals surface area (Å²) in [6.07, 6.45) is 1.15. The SMILES string of the molecule is CCCN1CCN(NC(=O)c2cc(Cl)c(N)cc2OC)CC1. The fourth-order valence-corrected chi connectivity index (χ4v) is 2.68. The lowest BCUT2D eigenvalue weighted by molar-refractivity contribution is 0.0617. The second kappa shape index (κ2) is 7.67. The maximum Gasteiger partial charge on any atom is 0.269 e. The molecule has 1 saturated heterocycles. The molecule has 1 heterocycles. The van der Waals surface area contributed by atoms with Gasteiger partial charge in [-0.15, -0.1) is 0 Å². The van der Waals surface area contributed by atoms with Gasteiger partial charge in [0.05, 0.1) is 23.4 Å². The van der Waals surface area contributed by atoms with Crippen LogP contribution in [0, 0.1) is 0 Å². The van der Waals surface area contributed by atoms with Gasteiger partial charge in [0.2, 0.25) is 0 Å². The first kappa shape index (κ1) is 16.9. The van der Waals surface area contributed by atoms with Gasteiger partial charge in [0, 0.05) is 32.2 Å². The van der Waals surface area contributed by atoms with Crippen LogP contribution >= 0.6 is 11.6 Å². The van der Waals surface area contributed by atoms with Crippen molar-refractivity contribution in [2.24, 2.45) is 0 Å². The first-order valence-electron chi connectivity index (χ1n) is 7.46. The lowest BCUT2D eigenvalue weighted by Crippen LogP contribution is -2.53. The minimum absolute atomic E-state index is 0.234. The fourth-order valence-electron chi connectivity index (χ4n) is 2.52. The van der Waals surface area contributed by atoms with Crippen LogP contribution in [0.25, 0.3) is 0 Å². The Balaban J connectivity index is 2.00. The van der Waals surface area contributed by atoms with Crippen LogP contribution in [-0.2, 0) is 0 Å². The fraction of sp³-hybridized carbons (Fsp3) is 0.533. The number of nitrogens with two attached hydrogens (primary N) is 1. The van der Waals surface area contributed by atoms with Crippen molar-refractivity contribution in [1.82, 2.24) is 15.3 Å². The molecule has 122 valence electrons. The largest absolute Gasteiger partial charge is 0.496 e. The van der Waals surface area contributed by atoms with E-state index in [0.717, 1.165) is 39.1 Å². The van der Waals surface area contributed by atoms with Crippen LogP contribution in [0.5, 0.6) is 5.75 Å². The summed E-state index contributed by atoms with van der Waals surface area (Å²) in [7, 11) is 1.50. The van der Waals surface area contributed by atoms with E-state index in [1.54, 1.807) is 12.1 Å². The van der Waals surface area contributed by atoms with Gasteiger partial charge in [0.25, 0.3) is 5.91 Å². The summed E-state index contributed by atoms with van der Waals surface area (Å²) in [6.45, 7) is 6.78. The van der Waals surface area contributed by atoms with Gasteiger partial charge in [-0.2, -0.15) is 0 Å². The molecule has 3 N–H and O–H groups in total. The predicted molar refractivity (Wildman–Crippen MR) is 88.2 cm³/mol. The number of carbonyl (C=O) groups is 1. The number of nitrogen functional groups attached to an aromatic ring is 1. The van der Waals surface area contributed by atoms with E-state index < -0.39 is 0 Å². The number of ether oxygens (including phenoxy) is 1. The van der Waals surface area contributed by atoms with Crippen LogP contribution in [0.1, 0.15) is 23.7 Å². The highest BCUT2D eigenvalue weighted by atomic mass is 35.5. The van der Waals surface area contributed by atoms with E-state index in [2.05, 4.69) is 17.2 Å². The minimum Gasteiger partial charge on any atom is -0.496 e. The number of amides is 1. The Morgan fingerprint density at radius 1 is 1.36 bits per heavy atom. The summed E-state index contributed by atoms with van der Waals surface area (Å²) in [5, 5.41) is 2.27. The standard InChI is InChI=1S/C15H23ClN4O2/c1-3-4-19-5-7-20(8-6-19)18-15(21)11-9-12(16)13(17)10-14(11)22-2/h9-10H,3-8,17H2,1-2H3,(H,18,21). The third-order valence-corrected chi connectivity index (χ3v) is 4.06. The molecule has 0 saturated carbocycles. The zero-order chi connectivity index (χ0) is 16.1. The van der Waals surface area contributed by atoms with Gasteiger partial charge in [-0.05, 0) is 19.0 Å². The van der Waals surface area contributed by atoms with Crippen LogP contribution < -0.4 is 15.9 Å². The predicted octanol–water partition coefficient (Wildman–Crippen LogP) is 1.60. The van der Waals surface area contributed by atoms with Crippen molar-refractivity contribution in [1.29, 1.82) is 0 Å². The lowest BCUT2D eigenvalue weighted by Gasteiger charge is -2.34. The number of hydrogen-bond donors (Lipinski definition) is 2. The third-order valence-electron chi connectivity index (χ3n) is 3.74. The molecule has 1 amide bonds. The average Bonchev–Trinajstić information content (AvgIpc) is 2.51. The Hall–Kier alpha value is -1.50. The molecule has 1 aliphatic heterocycles. The molecule has 0 atom stereocenters. The molecule has 1 fully saturated rings. The summed E-state index contributed by atoms with van der Waals surface area (Å²) in [5.74, 6) is 0.187. The number of hydrogen-bond acceptors (Lipinski definition) is 5. The van der Waals surface area contributed by atoms with E-state index in [1.165, 1.54) is 7.11 Å². The summed E-state index contributed by atoms with van der Waals surface area (Å²) in [5.41, 5.74) is 9.42. The Morgan fingerprint density at radius 3 is 2.64 bits per heavy atom. The Kier molecular flexibility index (Phi) is 5.88. The van der Waals surface area contributed by atoms with Gasteiger partial charge in [-0.25, -0.2) is 5.01 Å². The molecule has 0 unspecified atom stereocenters. The maximum atomic E-state index is 12.4. The molecule has 1 aromatic rings. The Morgan fingerprint density at radius 2 is 2.05 bits per heavy atom. The quantitative estimate of drug-likeness (QED) is 0.804. The number of methoxy groups -OCH3 is 1. The first-order valence-corrected chi connectivity index (χ1v) is 7.84. The van der Waals surface area contributed by atoms with Crippen molar-refractivity contribution in [3.8, 4) is 5.75 Å². The second-order valence-electron chi connectivity index (χ2n) is 5.34. The zero-order valence-electron chi connectivity index (χ0n) is 13.1. The molecule has 1 aromatic carbocycles. The van der Waals surface area contributed by atoms with E-state index in [0.29, 0.717) is 22.0 Å². The molecule has 6 nitrogen and oxygen atoms in total. The molecule has 2 rings (SSSR count). The number of rotatable bonds is 5. The van der Waals surface area contributed by atoms with Gasteiger partial charge < -0.3 is 15.4 Å². The summed E-state index contributed by atoms with van der Waals surface area (Å²) >= 11 is 6.00. The van der Waals surface area contributed by atoms with Crippen LogP contribution in [0.3, 0.4) is 0 Å². The topological polar surface area (TPSA) is 70.8 Å². The number of halogens is 1. The van der Waals surface area contributed by atoms with E-state index in [9.17, 15) is 4.79 Å². The number of carbonyl (C=O) groups excluding carboxylic acids is 1. The van der Waals surface area contributed by atoms with Crippen molar-refractivity contribution in [3.63, 3.8) is 0 Å². The monoisotopic (exact) mass is 326 g/mol. The van der Waals surface area contributed by atoms with Crippen molar-refractivity contribution < 1.29 is 9.53 Å². The summed E-state index contributed by atoms with van der Waals surface area (Å²) < 4.78 is 5.21. The van der Waals surface area contributed by atoms with Crippen LogP contribution in [-0.4, -0.2) is 55.6 Å². The molecule has 0 aliphatic carbocycles. The number of piperazine rings is 1. The summed E-state index contributed by atoms with van der Waals surface area (Å²) in [4.78, 5) is 14.8. The maximum absolute atomic E-state index is 12.4. The van der Waals surface area contributed by atoms with E-state index in [-0.39, 0.29) is 5.91 Å². The highest BCUT2D eigenvalue weighted by Crippen LogP contribution is 2.28. The lowest BCUT2D eigenvalue weighted by atomic mass is 10.1. The van der Waals surface area contributed by atoms with Gasteiger partial charge >= 0.3 is 0 Å². The molecule has 7 heteroatoms. The molecule has 0 radical (unpaired) electrons. The number of nitrogens with one attached hydrogen (secondary N) is 1. The Labute approximate surface area is 136 Å². The molecule has 0 aromatic heterocycles. The van der Waals surface area contributed by atoms with Crippen molar-refractivity contribution in [3.05, 3.63) is 22.7 Å². The zero-order valence-corrected chi connectivity index (χ0v) is 13.8. The first-order chi connectivity index (χ1) is 10.5. The normalized spacial score (nSPS) is 16.5. The van der Waals surface area contributed by atoms with Crippen LogP contribution in [0.15, 0.2) is 12.1 Å². The Bertz CT molecular complexity index is 531. The number of anilines is 1. The number of hydrazine groups is 1. The molecule has 0 bridgehead atoms. The van der Waals surface area contributed by atoms with Crippen LogP contribution in [0.4, 0.5) is 5.69 Å². The van der Waals surface area contributed by atoms with Crippen molar-refractivity contribution in [2.75, 3.05) is 45.6 Å². The number of benzene rings is 1. The molecule has 22 heavy (non-hydrogen) atoms. The average molecular weight is 327 g/mol. The molecular formula is C15H23ClN4O2. The number of nitrogens with zero attached hydrogens (tertiary/aromatic N) is 2. The van der Waals surface area contributed by atoms with Gasteiger partial charge in [0.15, 0.2) is 0 Å². The third kappa shape index (κ3) is 4.03. The highest BCUT2D eigenvalue weighted by Gasteiger charge is 2.21. The van der Waals surface area contributed by atoms with Crippen LogP contribution in [0.2, 0.25) is 5.02 Å². The van der Waals surface area contributed by atoms with E-state index >= 15 is 0 Å². The second-order valence-corrected chi connectivity index (χ2v) is 5.75. The summed E-state index contributed by atoms with van der Waals surface area (Å²) in [6, 6.07) is 3.11. The molecule has 0 spiro atoms. The van der Waals surface area contributed by atoms with Gasteiger partial charge in [-0.1, -0.05) is 18.5 Å². The van der Waals surface area contributed by atoms with Crippen molar-refractivity contribution in [2.45, 2.75) is 13.3 Å².